The monoisotopic (exact) mass is 239 g/mol. The molecule has 0 bridgehead atoms. The summed E-state index contributed by atoms with van der Waals surface area (Å²) in [5, 5.41) is 7.13. The Morgan fingerprint density at radius 3 is 3.00 bits per heavy atom. The van der Waals surface area contributed by atoms with Gasteiger partial charge in [-0.2, -0.15) is 4.98 Å². The van der Waals surface area contributed by atoms with Crippen LogP contribution in [0.2, 0.25) is 0 Å². The number of rotatable bonds is 3. The van der Waals surface area contributed by atoms with Crippen LogP contribution in [0, 0.1) is 5.92 Å². The van der Waals surface area contributed by atoms with Crippen molar-refractivity contribution in [2.45, 2.75) is 32.4 Å². The molecule has 1 aromatic heterocycles. The number of piperidine rings is 1. The topological polar surface area (TPSA) is 80.1 Å². The number of ether oxygens (including phenoxy) is 1. The average Bonchev–Trinajstić information content (AvgIpc) is 2.81. The molecule has 2 heterocycles. The molecule has 1 aromatic rings. The number of methoxy groups -OCH3 is 1. The molecule has 1 aliphatic heterocycles. The lowest BCUT2D eigenvalue weighted by atomic mass is 9.95. The summed E-state index contributed by atoms with van der Waals surface area (Å²) < 4.78 is 5.20. The van der Waals surface area contributed by atoms with Crippen molar-refractivity contribution in [1.82, 2.24) is 15.2 Å². The highest BCUT2D eigenvalue weighted by molar-refractivity contribution is 5.30. The van der Waals surface area contributed by atoms with Crippen molar-refractivity contribution in [1.29, 1.82) is 0 Å². The maximum absolute atomic E-state index is 6.07. The molecule has 0 saturated carbocycles. The van der Waals surface area contributed by atoms with E-state index in [4.69, 9.17) is 10.5 Å². The summed E-state index contributed by atoms with van der Waals surface area (Å²) in [6.45, 7) is 5.92. The van der Waals surface area contributed by atoms with Gasteiger partial charge in [0.15, 0.2) is 5.82 Å². The van der Waals surface area contributed by atoms with Crippen molar-refractivity contribution in [3.05, 3.63) is 5.82 Å². The summed E-state index contributed by atoms with van der Waals surface area (Å²) in [4.78, 5) is 6.57. The maximum atomic E-state index is 6.07. The Balaban J connectivity index is 2.05. The van der Waals surface area contributed by atoms with Crippen LogP contribution in [0.15, 0.2) is 0 Å². The third-order valence-electron chi connectivity index (χ3n) is 3.53. The van der Waals surface area contributed by atoms with Crippen LogP contribution >= 0.6 is 0 Å². The second kappa shape index (κ2) is 5.01. The van der Waals surface area contributed by atoms with Crippen LogP contribution in [0.1, 0.15) is 32.2 Å². The first kappa shape index (κ1) is 12.3. The minimum atomic E-state index is -0.0614. The molecule has 6 nitrogen and oxygen atoms in total. The van der Waals surface area contributed by atoms with Gasteiger partial charge in [-0.15, -0.1) is 5.10 Å². The van der Waals surface area contributed by atoms with E-state index >= 15 is 0 Å². The number of aromatic nitrogens is 3. The number of aromatic amines is 1. The van der Waals surface area contributed by atoms with Gasteiger partial charge >= 0.3 is 0 Å². The van der Waals surface area contributed by atoms with Gasteiger partial charge in [0, 0.05) is 26.2 Å². The van der Waals surface area contributed by atoms with Crippen LogP contribution in [0.25, 0.3) is 0 Å². The smallest absolute Gasteiger partial charge is 0.244 e. The maximum Gasteiger partial charge on any atom is 0.244 e. The average molecular weight is 239 g/mol. The number of hydrogen-bond donors (Lipinski definition) is 2. The van der Waals surface area contributed by atoms with E-state index in [0.717, 1.165) is 31.3 Å². The first-order chi connectivity index (χ1) is 8.11. The Labute approximate surface area is 102 Å². The Kier molecular flexibility index (Phi) is 3.63. The van der Waals surface area contributed by atoms with Gasteiger partial charge in [0.05, 0.1) is 0 Å². The third kappa shape index (κ3) is 2.58. The van der Waals surface area contributed by atoms with Crippen molar-refractivity contribution in [2.24, 2.45) is 11.7 Å². The summed E-state index contributed by atoms with van der Waals surface area (Å²) in [5.41, 5.74) is 6.07. The molecule has 6 heteroatoms. The molecule has 0 aliphatic carbocycles. The van der Waals surface area contributed by atoms with E-state index in [1.54, 1.807) is 7.11 Å². The Hall–Kier alpha value is -1.14. The summed E-state index contributed by atoms with van der Waals surface area (Å²) in [7, 11) is 1.66. The second-order valence-electron chi connectivity index (χ2n) is 4.77. The van der Waals surface area contributed by atoms with Crippen molar-refractivity contribution >= 4 is 5.95 Å². The molecule has 17 heavy (non-hydrogen) atoms. The molecule has 3 N–H and O–H groups in total. The normalized spacial score (nSPS) is 27.2. The number of nitrogens with one attached hydrogen (secondary N) is 1. The van der Waals surface area contributed by atoms with E-state index in [0.29, 0.717) is 5.92 Å². The molecule has 3 unspecified atom stereocenters. The van der Waals surface area contributed by atoms with Gasteiger partial charge in [0.25, 0.3) is 0 Å². The fourth-order valence-electron chi connectivity index (χ4n) is 1.98. The molecule has 2 rings (SSSR count). The van der Waals surface area contributed by atoms with E-state index in [1.807, 2.05) is 6.92 Å². The van der Waals surface area contributed by atoms with Crippen molar-refractivity contribution < 1.29 is 4.74 Å². The minimum absolute atomic E-state index is 0.0614. The quantitative estimate of drug-likeness (QED) is 0.811. The van der Waals surface area contributed by atoms with Gasteiger partial charge in [-0.3, -0.25) is 5.10 Å². The van der Waals surface area contributed by atoms with Crippen molar-refractivity contribution in [3.63, 3.8) is 0 Å². The number of nitrogens with zero attached hydrogens (tertiary/aromatic N) is 3. The standard InChI is InChI=1S/C11H21N5O/c1-7-4-5-16(6-9(7)12)11-13-10(14-15-11)8(2)17-3/h7-9H,4-6,12H2,1-3H3,(H,13,14,15). The zero-order chi connectivity index (χ0) is 12.4. The molecular formula is C11H21N5O. The highest BCUT2D eigenvalue weighted by atomic mass is 16.5. The first-order valence-electron chi connectivity index (χ1n) is 6.07. The molecule has 1 saturated heterocycles. The van der Waals surface area contributed by atoms with E-state index in [-0.39, 0.29) is 12.1 Å². The summed E-state index contributed by atoms with van der Waals surface area (Å²) in [6, 6.07) is 0.200. The lowest BCUT2D eigenvalue weighted by Gasteiger charge is -2.34. The third-order valence-corrected chi connectivity index (χ3v) is 3.53. The molecule has 96 valence electrons. The summed E-state index contributed by atoms with van der Waals surface area (Å²) in [6.07, 6.45) is 1.03. The molecule has 0 aromatic carbocycles. The van der Waals surface area contributed by atoms with Gasteiger partial charge in [-0.05, 0) is 19.3 Å². The molecule has 1 aliphatic rings. The molecule has 3 atom stereocenters. The zero-order valence-electron chi connectivity index (χ0n) is 10.7. The highest BCUT2D eigenvalue weighted by Gasteiger charge is 2.25. The lowest BCUT2D eigenvalue weighted by molar-refractivity contribution is 0.112. The van der Waals surface area contributed by atoms with Crippen LogP contribution in [0.4, 0.5) is 5.95 Å². The molecule has 0 amide bonds. The second-order valence-corrected chi connectivity index (χ2v) is 4.77. The SMILES string of the molecule is COC(C)c1nc(N2CCC(C)C(N)C2)n[nH]1. The van der Waals surface area contributed by atoms with E-state index in [1.165, 1.54) is 0 Å². The number of nitrogens with two attached hydrogens (primary N) is 1. The Morgan fingerprint density at radius 1 is 1.59 bits per heavy atom. The number of H-pyrrole nitrogens is 1. The van der Waals surface area contributed by atoms with Crippen molar-refractivity contribution in [2.75, 3.05) is 25.1 Å². The summed E-state index contributed by atoms with van der Waals surface area (Å²) in [5.74, 6) is 2.06. The van der Waals surface area contributed by atoms with Crippen LogP contribution in [0.5, 0.6) is 0 Å². The molecule has 0 radical (unpaired) electrons. The summed E-state index contributed by atoms with van der Waals surface area (Å²) >= 11 is 0. The predicted octanol–water partition coefficient (Wildman–Crippen LogP) is 0.686. The molecule has 1 fully saturated rings. The fourth-order valence-corrected chi connectivity index (χ4v) is 1.98. The van der Waals surface area contributed by atoms with E-state index < -0.39 is 0 Å². The first-order valence-corrected chi connectivity index (χ1v) is 6.07. The minimum Gasteiger partial charge on any atom is -0.374 e. The largest absolute Gasteiger partial charge is 0.374 e. The lowest BCUT2D eigenvalue weighted by Crippen LogP contribution is -2.48. The molecule has 0 spiro atoms. The van der Waals surface area contributed by atoms with Gasteiger partial charge in [0.1, 0.15) is 6.10 Å². The predicted molar refractivity (Wildman–Crippen MR) is 65.8 cm³/mol. The Morgan fingerprint density at radius 2 is 2.35 bits per heavy atom. The van der Waals surface area contributed by atoms with Crippen LogP contribution in [-0.4, -0.2) is 41.4 Å². The zero-order valence-corrected chi connectivity index (χ0v) is 10.7. The van der Waals surface area contributed by atoms with Crippen LogP contribution < -0.4 is 10.6 Å². The van der Waals surface area contributed by atoms with Gasteiger partial charge < -0.3 is 15.4 Å². The van der Waals surface area contributed by atoms with Gasteiger partial charge in [-0.1, -0.05) is 6.92 Å². The van der Waals surface area contributed by atoms with E-state index in [2.05, 4.69) is 27.0 Å². The highest BCUT2D eigenvalue weighted by Crippen LogP contribution is 2.20. The van der Waals surface area contributed by atoms with E-state index in [9.17, 15) is 0 Å². The molecular weight excluding hydrogens is 218 g/mol. The Bertz CT molecular complexity index is 366. The number of anilines is 1. The number of hydrogen-bond acceptors (Lipinski definition) is 5. The van der Waals surface area contributed by atoms with Crippen molar-refractivity contribution in [3.8, 4) is 0 Å². The van der Waals surface area contributed by atoms with Gasteiger partial charge in [0.2, 0.25) is 5.95 Å². The van der Waals surface area contributed by atoms with Crippen LogP contribution in [0.3, 0.4) is 0 Å². The fraction of sp³-hybridized carbons (Fsp3) is 0.818. The van der Waals surface area contributed by atoms with Gasteiger partial charge in [-0.25, -0.2) is 0 Å². The van der Waals surface area contributed by atoms with Crippen LogP contribution in [-0.2, 0) is 4.74 Å².